The Morgan fingerprint density at radius 1 is 1.15 bits per heavy atom. The number of nitrogens with two attached hydrogens (primary N) is 1. The van der Waals surface area contributed by atoms with Crippen LogP contribution in [0, 0.1) is 11.3 Å². The Balaban J connectivity index is 1.76. The fourth-order valence-corrected chi connectivity index (χ4v) is 3.12. The van der Waals surface area contributed by atoms with Crippen LogP contribution in [0.4, 0.5) is 0 Å². The molecule has 0 atom stereocenters. The van der Waals surface area contributed by atoms with Gasteiger partial charge in [-0.25, -0.2) is 18.4 Å². The number of carbonyl (C=O) groups excluding carboxylic acids is 2. The first kappa shape index (κ1) is 25.4. The van der Waals surface area contributed by atoms with Crippen molar-refractivity contribution in [1.82, 2.24) is 5.32 Å². The lowest BCUT2D eigenvalue weighted by atomic mass is 10.1. The Morgan fingerprint density at radius 2 is 1.88 bits per heavy atom. The van der Waals surface area contributed by atoms with Gasteiger partial charge in [0.15, 0.2) is 24.7 Å². The van der Waals surface area contributed by atoms with Crippen LogP contribution in [0.3, 0.4) is 0 Å². The number of esters is 1. The predicted octanol–water partition coefficient (Wildman–Crippen LogP) is 1.16. The first-order chi connectivity index (χ1) is 15.7. The van der Waals surface area contributed by atoms with Gasteiger partial charge < -0.3 is 19.5 Å². The molecule has 3 N–H and O–H groups in total. The van der Waals surface area contributed by atoms with E-state index in [1.807, 2.05) is 6.07 Å². The molecule has 1 amide bonds. The molecular weight excluding hydrogens is 450 g/mol. The minimum atomic E-state index is -3.75. The third-order valence-electron chi connectivity index (χ3n) is 4.23. The number of methoxy groups -OCH3 is 1. The summed E-state index contributed by atoms with van der Waals surface area (Å²) in [7, 11) is -2.29. The van der Waals surface area contributed by atoms with Gasteiger partial charge in [-0.3, -0.25) is 4.79 Å². The van der Waals surface area contributed by atoms with Crippen molar-refractivity contribution >= 4 is 28.0 Å². The van der Waals surface area contributed by atoms with Gasteiger partial charge in [-0.05, 0) is 47.9 Å². The zero-order chi connectivity index (χ0) is 24.3. The van der Waals surface area contributed by atoms with E-state index in [1.165, 1.54) is 31.4 Å². The Hall–Kier alpha value is -3.88. The van der Waals surface area contributed by atoms with Gasteiger partial charge in [-0.2, -0.15) is 5.26 Å². The van der Waals surface area contributed by atoms with Crippen molar-refractivity contribution in [3.63, 3.8) is 0 Å². The van der Waals surface area contributed by atoms with Crippen molar-refractivity contribution in [3.8, 4) is 17.6 Å². The zero-order valence-electron chi connectivity index (χ0n) is 17.8. The minimum Gasteiger partial charge on any atom is -0.493 e. The SMILES string of the molecule is COc1cc(/C=C/C(=O)OCC(=O)NCCc2ccc(S(N)(=O)=O)cc2)ccc1OCC#N. The number of hydrogen-bond acceptors (Lipinski definition) is 8. The third-order valence-corrected chi connectivity index (χ3v) is 5.15. The van der Waals surface area contributed by atoms with Gasteiger partial charge in [0, 0.05) is 12.6 Å². The van der Waals surface area contributed by atoms with Gasteiger partial charge >= 0.3 is 5.97 Å². The van der Waals surface area contributed by atoms with Crippen LogP contribution in [-0.2, 0) is 30.8 Å². The number of rotatable bonds is 11. The normalized spacial score (nSPS) is 10.9. The fraction of sp³-hybridized carbons (Fsp3) is 0.227. The third kappa shape index (κ3) is 8.64. The van der Waals surface area contributed by atoms with E-state index in [9.17, 15) is 18.0 Å². The summed E-state index contributed by atoms with van der Waals surface area (Å²) in [5, 5.41) is 16.2. The van der Waals surface area contributed by atoms with Crippen molar-refractivity contribution in [2.45, 2.75) is 11.3 Å². The van der Waals surface area contributed by atoms with Crippen molar-refractivity contribution in [1.29, 1.82) is 5.26 Å². The maximum atomic E-state index is 11.9. The molecule has 0 radical (unpaired) electrons. The molecule has 0 spiro atoms. The molecule has 0 heterocycles. The molecule has 11 heteroatoms. The molecule has 0 fully saturated rings. The predicted molar refractivity (Wildman–Crippen MR) is 119 cm³/mol. The standard InChI is InChI=1S/C22H23N3O7S/c1-30-20-14-17(4-8-19(20)31-13-11-23)5-9-22(27)32-15-21(26)25-12-10-16-2-6-18(7-3-16)33(24,28)29/h2-9,14H,10,12-13,15H2,1H3,(H,25,26)(H2,24,28,29)/b9-5+. The molecule has 0 saturated carbocycles. The fourth-order valence-electron chi connectivity index (χ4n) is 2.61. The summed E-state index contributed by atoms with van der Waals surface area (Å²) in [4.78, 5) is 23.7. The van der Waals surface area contributed by atoms with E-state index in [2.05, 4.69) is 5.32 Å². The van der Waals surface area contributed by atoms with Gasteiger partial charge in [0.2, 0.25) is 10.0 Å². The second-order valence-electron chi connectivity index (χ2n) is 6.59. The van der Waals surface area contributed by atoms with Crippen LogP contribution in [0.1, 0.15) is 11.1 Å². The Kier molecular flexibility index (Phi) is 9.41. The van der Waals surface area contributed by atoms with Crippen LogP contribution in [0.5, 0.6) is 11.5 Å². The molecule has 33 heavy (non-hydrogen) atoms. The van der Waals surface area contributed by atoms with Gasteiger partial charge in [-0.15, -0.1) is 0 Å². The first-order valence-corrected chi connectivity index (χ1v) is 11.2. The van der Waals surface area contributed by atoms with Gasteiger partial charge in [0.05, 0.1) is 12.0 Å². The number of hydrogen-bond donors (Lipinski definition) is 2. The highest BCUT2D eigenvalue weighted by atomic mass is 32.2. The number of amides is 1. The molecule has 2 aromatic carbocycles. The maximum Gasteiger partial charge on any atom is 0.331 e. The van der Waals surface area contributed by atoms with E-state index < -0.39 is 28.5 Å². The molecule has 10 nitrogen and oxygen atoms in total. The van der Waals surface area contributed by atoms with Crippen molar-refractivity contribution in [2.24, 2.45) is 5.14 Å². The van der Waals surface area contributed by atoms with Crippen molar-refractivity contribution < 1.29 is 32.2 Å². The molecule has 2 aromatic rings. The Labute approximate surface area is 191 Å². The van der Waals surface area contributed by atoms with Crippen LogP contribution in [0.25, 0.3) is 6.08 Å². The Morgan fingerprint density at radius 3 is 2.52 bits per heavy atom. The number of carbonyl (C=O) groups is 2. The van der Waals surface area contributed by atoms with Crippen LogP contribution >= 0.6 is 0 Å². The second-order valence-corrected chi connectivity index (χ2v) is 8.15. The monoisotopic (exact) mass is 473 g/mol. The van der Waals surface area contributed by atoms with E-state index in [-0.39, 0.29) is 18.0 Å². The molecule has 2 rings (SSSR count). The molecule has 0 aliphatic heterocycles. The number of nitriles is 1. The van der Waals surface area contributed by atoms with Gasteiger partial charge in [-0.1, -0.05) is 18.2 Å². The summed E-state index contributed by atoms with van der Waals surface area (Å²) in [5.41, 5.74) is 1.44. The molecule has 174 valence electrons. The summed E-state index contributed by atoms with van der Waals surface area (Å²) < 4.78 is 37.8. The summed E-state index contributed by atoms with van der Waals surface area (Å²) in [6, 6.07) is 12.8. The summed E-state index contributed by atoms with van der Waals surface area (Å²) in [6.07, 6.45) is 3.12. The molecule has 0 bridgehead atoms. The number of nitrogens with one attached hydrogen (secondary N) is 1. The highest BCUT2D eigenvalue weighted by Crippen LogP contribution is 2.28. The number of sulfonamides is 1. The average molecular weight is 474 g/mol. The molecule has 0 aliphatic carbocycles. The largest absolute Gasteiger partial charge is 0.493 e. The average Bonchev–Trinajstić information content (AvgIpc) is 2.80. The highest BCUT2D eigenvalue weighted by Gasteiger charge is 2.08. The van der Waals surface area contributed by atoms with Crippen LogP contribution in [0.2, 0.25) is 0 Å². The highest BCUT2D eigenvalue weighted by molar-refractivity contribution is 7.89. The second kappa shape index (κ2) is 12.2. The summed E-state index contributed by atoms with van der Waals surface area (Å²) >= 11 is 0. The van der Waals surface area contributed by atoms with Crippen molar-refractivity contribution in [2.75, 3.05) is 26.9 Å². The lowest BCUT2D eigenvalue weighted by Crippen LogP contribution is -2.30. The Bertz CT molecular complexity index is 1150. The van der Waals surface area contributed by atoms with E-state index in [0.29, 0.717) is 23.5 Å². The minimum absolute atomic E-state index is 0.0111. The zero-order valence-corrected chi connectivity index (χ0v) is 18.6. The topological polar surface area (TPSA) is 158 Å². The molecule has 0 unspecified atom stereocenters. The van der Waals surface area contributed by atoms with Crippen molar-refractivity contribution in [3.05, 3.63) is 59.7 Å². The summed E-state index contributed by atoms with van der Waals surface area (Å²) in [6.45, 7) is -0.288. The lowest BCUT2D eigenvalue weighted by molar-refractivity contribution is -0.143. The lowest BCUT2D eigenvalue weighted by Gasteiger charge is -2.08. The quantitative estimate of drug-likeness (QED) is 0.363. The molecule has 0 aromatic heterocycles. The van der Waals surface area contributed by atoms with Crippen LogP contribution in [-0.4, -0.2) is 47.2 Å². The van der Waals surface area contributed by atoms with Gasteiger partial charge in [0.1, 0.15) is 6.07 Å². The van der Waals surface area contributed by atoms with E-state index in [0.717, 1.165) is 5.56 Å². The van der Waals surface area contributed by atoms with E-state index in [1.54, 1.807) is 30.3 Å². The maximum absolute atomic E-state index is 11.9. The van der Waals surface area contributed by atoms with Crippen LogP contribution < -0.4 is 19.9 Å². The smallest absolute Gasteiger partial charge is 0.331 e. The number of ether oxygens (including phenoxy) is 3. The van der Waals surface area contributed by atoms with Gasteiger partial charge in [0.25, 0.3) is 5.91 Å². The van der Waals surface area contributed by atoms with Crippen LogP contribution in [0.15, 0.2) is 53.4 Å². The van der Waals surface area contributed by atoms with E-state index in [4.69, 9.17) is 24.6 Å². The number of primary sulfonamides is 1. The molecule has 0 saturated heterocycles. The number of benzene rings is 2. The molecular formula is C22H23N3O7S. The van der Waals surface area contributed by atoms with E-state index >= 15 is 0 Å². The summed E-state index contributed by atoms with van der Waals surface area (Å²) in [5.74, 6) is -0.374. The first-order valence-electron chi connectivity index (χ1n) is 9.64. The number of nitrogens with zero attached hydrogens (tertiary/aromatic N) is 1. The molecule has 0 aliphatic rings.